The summed E-state index contributed by atoms with van der Waals surface area (Å²) in [5.74, 6) is 0.135. The van der Waals surface area contributed by atoms with Crippen LogP contribution >= 0.6 is 12.4 Å². The van der Waals surface area contributed by atoms with E-state index in [0.717, 1.165) is 36.9 Å². The quantitative estimate of drug-likeness (QED) is 0.622. The number of hydrogen-bond donors (Lipinski definition) is 1. The first kappa shape index (κ1) is 21.6. The van der Waals surface area contributed by atoms with Gasteiger partial charge in [0, 0.05) is 31.1 Å². The molecule has 4 rings (SSSR count). The lowest BCUT2D eigenvalue weighted by Crippen LogP contribution is -2.41. The Bertz CT molecular complexity index is 1070. The van der Waals surface area contributed by atoms with Crippen LogP contribution < -0.4 is 5.32 Å². The minimum Gasteiger partial charge on any atom is -0.372 e. The van der Waals surface area contributed by atoms with Crippen LogP contribution in [0.3, 0.4) is 0 Å². The van der Waals surface area contributed by atoms with Crippen LogP contribution in [-0.2, 0) is 21.2 Å². The normalized spacial score (nSPS) is 19.6. The molecule has 1 saturated heterocycles. The van der Waals surface area contributed by atoms with Crippen molar-refractivity contribution in [3.63, 3.8) is 0 Å². The van der Waals surface area contributed by atoms with Gasteiger partial charge >= 0.3 is 0 Å². The molecular formula is C21H24ClN3O3S. The lowest BCUT2D eigenvalue weighted by molar-refractivity contribution is 0.0105. The van der Waals surface area contributed by atoms with Gasteiger partial charge in [-0.3, -0.25) is 0 Å². The summed E-state index contributed by atoms with van der Waals surface area (Å²) in [6.07, 6.45) is 5.22. The van der Waals surface area contributed by atoms with Crippen molar-refractivity contribution in [2.24, 2.45) is 0 Å². The van der Waals surface area contributed by atoms with Crippen LogP contribution in [0.15, 0.2) is 60.0 Å². The fourth-order valence-corrected chi connectivity index (χ4v) is 4.12. The molecule has 2 unspecified atom stereocenters. The highest BCUT2D eigenvalue weighted by molar-refractivity contribution is 7.90. The van der Waals surface area contributed by atoms with E-state index in [0.29, 0.717) is 6.61 Å². The van der Waals surface area contributed by atoms with E-state index in [1.54, 1.807) is 12.4 Å². The van der Waals surface area contributed by atoms with Crippen molar-refractivity contribution in [1.82, 2.24) is 15.3 Å². The molecule has 2 atom stereocenters. The highest BCUT2D eigenvalue weighted by Crippen LogP contribution is 2.28. The molecule has 0 amide bonds. The molecule has 1 fully saturated rings. The van der Waals surface area contributed by atoms with Gasteiger partial charge in [0.1, 0.15) is 0 Å². The van der Waals surface area contributed by atoms with E-state index in [1.165, 1.54) is 10.8 Å². The number of benzene rings is 2. The molecular weight excluding hydrogens is 410 g/mol. The van der Waals surface area contributed by atoms with Crippen molar-refractivity contribution in [2.45, 2.75) is 30.2 Å². The minimum absolute atomic E-state index is 0. The van der Waals surface area contributed by atoms with Gasteiger partial charge < -0.3 is 10.1 Å². The molecule has 1 N–H and O–H groups in total. The van der Waals surface area contributed by atoms with Crippen molar-refractivity contribution < 1.29 is 13.2 Å². The first-order chi connectivity index (χ1) is 13.5. The fourth-order valence-electron chi connectivity index (χ4n) is 3.63. The summed E-state index contributed by atoms with van der Waals surface area (Å²) >= 11 is 0. The number of ether oxygens (including phenoxy) is 1. The average molecular weight is 434 g/mol. The van der Waals surface area contributed by atoms with Crippen molar-refractivity contribution in [1.29, 1.82) is 0 Å². The smallest absolute Gasteiger partial charge is 0.246 e. The van der Waals surface area contributed by atoms with Crippen LogP contribution in [0, 0.1) is 0 Å². The van der Waals surface area contributed by atoms with Crippen molar-refractivity contribution in [3.8, 4) is 0 Å². The van der Waals surface area contributed by atoms with Gasteiger partial charge in [-0.2, -0.15) is 0 Å². The first-order valence-electron chi connectivity index (χ1n) is 9.33. The summed E-state index contributed by atoms with van der Waals surface area (Å²) in [4.78, 5) is 8.07. The molecule has 1 aliphatic heterocycles. The monoisotopic (exact) mass is 433 g/mol. The summed E-state index contributed by atoms with van der Waals surface area (Å²) in [7, 11) is -3.39. The number of sulfone groups is 1. The molecule has 6 nitrogen and oxygen atoms in total. The maximum absolute atomic E-state index is 11.6. The molecule has 0 aliphatic carbocycles. The summed E-state index contributed by atoms with van der Waals surface area (Å²) in [5.41, 5.74) is 2.05. The van der Waals surface area contributed by atoms with E-state index in [-0.39, 0.29) is 29.6 Å². The van der Waals surface area contributed by atoms with Gasteiger partial charge in [-0.15, -0.1) is 12.4 Å². The molecule has 3 aromatic rings. The maximum Gasteiger partial charge on any atom is 0.246 e. The first-order valence-corrected chi connectivity index (χ1v) is 11.2. The Morgan fingerprint density at radius 2 is 1.83 bits per heavy atom. The van der Waals surface area contributed by atoms with Gasteiger partial charge in [0.25, 0.3) is 0 Å². The van der Waals surface area contributed by atoms with E-state index in [9.17, 15) is 8.42 Å². The molecule has 0 radical (unpaired) electrons. The van der Waals surface area contributed by atoms with Crippen LogP contribution in [-0.4, -0.2) is 43.8 Å². The average Bonchev–Trinajstić information content (AvgIpc) is 2.72. The Kier molecular flexibility index (Phi) is 6.85. The standard InChI is InChI=1S/C21H23N3O3S.ClH/c1-28(25,26)21-23-11-18(12-24-21)19-8-9-22-13-20(19)27-14-15-6-7-16-4-2-3-5-17(16)10-15;/h2-7,10-12,19-20,22H,8-9,13-14H2,1H3;1H. The van der Waals surface area contributed by atoms with Crippen LogP contribution in [0.1, 0.15) is 23.5 Å². The van der Waals surface area contributed by atoms with E-state index in [2.05, 4.69) is 45.6 Å². The zero-order chi connectivity index (χ0) is 19.6. The summed E-state index contributed by atoms with van der Waals surface area (Å²) in [6.45, 7) is 2.15. The number of piperidine rings is 1. The van der Waals surface area contributed by atoms with E-state index < -0.39 is 9.84 Å². The Hall–Kier alpha value is -2.06. The van der Waals surface area contributed by atoms with Crippen molar-refractivity contribution in [3.05, 3.63) is 66.0 Å². The van der Waals surface area contributed by atoms with Crippen molar-refractivity contribution >= 4 is 33.0 Å². The van der Waals surface area contributed by atoms with Gasteiger partial charge in [-0.05, 0) is 40.9 Å². The van der Waals surface area contributed by atoms with E-state index in [4.69, 9.17) is 4.74 Å². The molecule has 1 aromatic heterocycles. The highest BCUT2D eigenvalue weighted by atomic mass is 35.5. The largest absolute Gasteiger partial charge is 0.372 e. The second-order valence-electron chi connectivity index (χ2n) is 7.20. The molecule has 0 saturated carbocycles. The Morgan fingerprint density at radius 3 is 2.55 bits per heavy atom. The maximum atomic E-state index is 11.6. The predicted molar refractivity (Wildman–Crippen MR) is 115 cm³/mol. The third-order valence-electron chi connectivity index (χ3n) is 5.11. The second kappa shape index (κ2) is 9.17. The van der Waals surface area contributed by atoms with Gasteiger partial charge in [-0.1, -0.05) is 36.4 Å². The minimum atomic E-state index is -3.39. The predicted octanol–water partition coefficient (Wildman–Crippen LogP) is 3.12. The molecule has 1 aliphatic rings. The number of nitrogens with one attached hydrogen (secondary N) is 1. The summed E-state index contributed by atoms with van der Waals surface area (Å²) in [5, 5.41) is 5.65. The molecule has 154 valence electrons. The van der Waals surface area contributed by atoms with Crippen LogP contribution in [0.2, 0.25) is 0 Å². The van der Waals surface area contributed by atoms with E-state index in [1.807, 2.05) is 12.1 Å². The van der Waals surface area contributed by atoms with Crippen molar-refractivity contribution in [2.75, 3.05) is 19.3 Å². The number of halogens is 1. The topological polar surface area (TPSA) is 81.2 Å². The molecule has 2 heterocycles. The van der Waals surface area contributed by atoms with Crippen LogP contribution in [0.25, 0.3) is 10.8 Å². The van der Waals surface area contributed by atoms with Crippen LogP contribution in [0.4, 0.5) is 0 Å². The van der Waals surface area contributed by atoms with Gasteiger partial charge in [0.05, 0.1) is 12.7 Å². The van der Waals surface area contributed by atoms with Crippen LogP contribution in [0.5, 0.6) is 0 Å². The number of fused-ring (bicyclic) bond motifs is 1. The van der Waals surface area contributed by atoms with Gasteiger partial charge in [-0.25, -0.2) is 18.4 Å². The molecule has 0 bridgehead atoms. The third-order valence-corrected chi connectivity index (χ3v) is 5.99. The number of hydrogen-bond acceptors (Lipinski definition) is 6. The Labute approximate surface area is 177 Å². The lowest BCUT2D eigenvalue weighted by Gasteiger charge is -2.32. The number of aromatic nitrogens is 2. The number of nitrogens with zero attached hydrogens (tertiary/aromatic N) is 2. The molecule has 8 heteroatoms. The SMILES string of the molecule is CS(=O)(=O)c1ncc(C2CCNCC2OCc2ccc3ccccc3c2)cn1.Cl. The zero-order valence-corrected chi connectivity index (χ0v) is 17.7. The third kappa shape index (κ3) is 5.11. The van der Waals surface area contributed by atoms with Gasteiger partial charge in [0.15, 0.2) is 0 Å². The molecule has 29 heavy (non-hydrogen) atoms. The fraction of sp³-hybridized carbons (Fsp3) is 0.333. The molecule has 2 aromatic carbocycles. The highest BCUT2D eigenvalue weighted by Gasteiger charge is 2.28. The Balaban J connectivity index is 0.00000240. The second-order valence-corrected chi connectivity index (χ2v) is 9.11. The number of rotatable bonds is 5. The zero-order valence-electron chi connectivity index (χ0n) is 16.1. The summed E-state index contributed by atoms with van der Waals surface area (Å²) in [6, 6.07) is 14.6. The Morgan fingerprint density at radius 1 is 1.10 bits per heavy atom. The lowest BCUT2D eigenvalue weighted by atomic mass is 9.89. The molecule has 0 spiro atoms. The van der Waals surface area contributed by atoms with E-state index >= 15 is 0 Å². The summed E-state index contributed by atoms with van der Waals surface area (Å²) < 4.78 is 29.4. The van der Waals surface area contributed by atoms with Gasteiger partial charge in [0.2, 0.25) is 15.0 Å².